The Bertz CT molecular complexity index is 622. The molecule has 0 aliphatic heterocycles. The first kappa shape index (κ1) is 14.6. The van der Waals surface area contributed by atoms with Crippen LogP contribution in [-0.4, -0.2) is 24.1 Å². The summed E-state index contributed by atoms with van der Waals surface area (Å²) in [5.74, 6) is -0.930. The molecule has 5 heteroatoms. The molecule has 0 aliphatic rings. The smallest absolute Gasteiger partial charge is 0.330 e. The Hall–Kier alpha value is -2.82. The number of rotatable bonds is 5. The molecule has 0 aromatic heterocycles. The van der Waals surface area contributed by atoms with Crippen molar-refractivity contribution in [3.8, 4) is 5.75 Å². The molecule has 21 heavy (non-hydrogen) atoms. The zero-order valence-corrected chi connectivity index (χ0v) is 11.4. The number of methoxy groups -OCH3 is 1. The monoisotopic (exact) mass is 285 g/mol. The van der Waals surface area contributed by atoms with Crippen LogP contribution in [0.2, 0.25) is 0 Å². The molecule has 0 saturated carbocycles. The van der Waals surface area contributed by atoms with Crippen LogP contribution in [-0.2, 0) is 4.79 Å². The fraction of sp³-hybridized carbons (Fsp3) is 0.125. The van der Waals surface area contributed by atoms with Gasteiger partial charge >= 0.3 is 5.97 Å². The number of carboxylic acids is 1. The molecule has 0 fully saturated rings. The normalized spacial score (nSPS) is 11.5. The van der Waals surface area contributed by atoms with Gasteiger partial charge in [0.2, 0.25) is 0 Å². The number of ether oxygens (including phenoxy) is 1. The average Bonchev–Trinajstić information content (AvgIpc) is 2.53. The fourth-order valence-electron chi connectivity index (χ4n) is 1.89. The van der Waals surface area contributed by atoms with Crippen LogP contribution in [0.4, 0.5) is 0 Å². The minimum absolute atomic E-state index is 0.414. The van der Waals surface area contributed by atoms with Crippen molar-refractivity contribution in [2.24, 2.45) is 0 Å². The van der Waals surface area contributed by atoms with Crippen molar-refractivity contribution in [3.63, 3.8) is 0 Å². The molecule has 108 valence electrons. The van der Waals surface area contributed by atoms with Gasteiger partial charge in [0.1, 0.15) is 5.75 Å². The second-order valence-electron chi connectivity index (χ2n) is 4.38. The average molecular weight is 285 g/mol. The number of amides is 1. The minimum atomic E-state index is -1.12. The highest BCUT2D eigenvalue weighted by Gasteiger charge is 2.22. The van der Waals surface area contributed by atoms with Crippen LogP contribution in [0, 0.1) is 0 Å². The minimum Gasteiger partial charge on any atom is -0.497 e. The van der Waals surface area contributed by atoms with Crippen LogP contribution in [0.1, 0.15) is 22.0 Å². The molecular weight excluding hydrogens is 270 g/mol. The zero-order chi connectivity index (χ0) is 15.2. The van der Waals surface area contributed by atoms with Crippen molar-refractivity contribution in [3.05, 3.63) is 65.7 Å². The van der Waals surface area contributed by atoms with Crippen LogP contribution in [0.15, 0.2) is 54.6 Å². The van der Waals surface area contributed by atoms with E-state index >= 15 is 0 Å². The lowest BCUT2D eigenvalue weighted by Gasteiger charge is -2.15. The molecule has 2 aromatic carbocycles. The molecule has 0 aliphatic carbocycles. The van der Waals surface area contributed by atoms with E-state index in [1.165, 1.54) is 7.11 Å². The predicted molar refractivity (Wildman–Crippen MR) is 77.3 cm³/mol. The maximum absolute atomic E-state index is 12.1. The van der Waals surface area contributed by atoms with Crippen LogP contribution in [0.25, 0.3) is 0 Å². The summed E-state index contributed by atoms with van der Waals surface area (Å²) in [5, 5.41) is 11.8. The molecule has 5 nitrogen and oxygen atoms in total. The Morgan fingerprint density at radius 3 is 2.19 bits per heavy atom. The third kappa shape index (κ3) is 3.60. The summed E-state index contributed by atoms with van der Waals surface area (Å²) < 4.78 is 5.03. The third-order valence-electron chi connectivity index (χ3n) is 3.01. The predicted octanol–water partition coefficient (Wildman–Crippen LogP) is 2.25. The quantitative estimate of drug-likeness (QED) is 0.883. The molecule has 0 saturated heterocycles. The molecule has 0 heterocycles. The van der Waals surface area contributed by atoms with Gasteiger partial charge in [-0.2, -0.15) is 0 Å². The first-order chi connectivity index (χ1) is 10.1. The number of carbonyl (C=O) groups excluding carboxylic acids is 1. The molecule has 2 N–H and O–H groups in total. The Kier molecular flexibility index (Phi) is 4.56. The molecule has 2 rings (SSSR count). The Labute approximate surface area is 122 Å². The summed E-state index contributed by atoms with van der Waals surface area (Å²) in [4.78, 5) is 23.4. The summed E-state index contributed by atoms with van der Waals surface area (Å²) in [6, 6.07) is 13.9. The van der Waals surface area contributed by atoms with E-state index in [2.05, 4.69) is 5.32 Å². The van der Waals surface area contributed by atoms with E-state index in [1.54, 1.807) is 54.6 Å². The molecular formula is C16H15NO4. The number of hydrogen-bond donors (Lipinski definition) is 2. The Morgan fingerprint density at radius 1 is 1.05 bits per heavy atom. The largest absolute Gasteiger partial charge is 0.497 e. The molecule has 0 radical (unpaired) electrons. The van der Waals surface area contributed by atoms with Crippen LogP contribution >= 0.6 is 0 Å². The standard InChI is InChI=1S/C16H15NO4/c1-21-13-9-7-11(8-10-13)14(16(19)20)17-15(18)12-5-3-2-4-6-12/h2-10,14H,1H3,(H,17,18)(H,19,20)/t14-/m0/s1. The number of carbonyl (C=O) groups is 2. The summed E-state index contributed by atoms with van der Waals surface area (Å²) in [7, 11) is 1.53. The maximum atomic E-state index is 12.1. The van der Waals surface area contributed by atoms with Gasteiger partial charge in [-0.1, -0.05) is 30.3 Å². The number of benzene rings is 2. The lowest BCUT2D eigenvalue weighted by molar-refractivity contribution is -0.139. The summed E-state index contributed by atoms with van der Waals surface area (Å²) in [6.45, 7) is 0. The zero-order valence-electron chi connectivity index (χ0n) is 11.4. The van der Waals surface area contributed by atoms with Gasteiger partial charge in [-0.25, -0.2) is 4.79 Å². The van der Waals surface area contributed by atoms with E-state index in [0.717, 1.165) is 0 Å². The van der Waals surface area contributed by atoms with Crippen molar-refractivity contribution in [2.45, 2.75) is 6.04 Å². The SMILES string of the molecule is COc1ccc([C@H](NC(=O)c2ccccc2)C(=O)O)cc1. The summed E-state index contributed by atoms with van der Waals surface area (Å²) in [6.07, 6.45) is 0. The highest BCUT2D eigenvalue weighted by molar-refractivity contribution is 5.96. The van der Waals surface area contributed by atoms with Gasteiger partial charge in [-0.15, -0.1) is 0 Å². The van der Waals surface area contributed by atoms with Gasteiger partial charge in [-0.05, 0) is 29.8 Å². The number of hydrogen-bond acceptors (Lipinski definition) is 3. The molecule has 0 bridgehead atoms. The van der Waals surface area contributed by atoms with E-state index < -0.39 is 17.9 Å². The van der Waals surface area contributed by atoms with E-state index in [9.17, 15) is 14.7 Å². The van der Waals surface area contributed by atoms with E-state index in [-0.39, 0.29) is 0 Å². The van der Waals surface area contributed by atoms with Crippen molar-refractivity contribution >= 4 is 11.9 Å². The summed E-state index contributed by atoms with van der Waals surface area (Å²) in [5.41, 5.74) is 0.893. The summed E-state index contributed by atoms with van der Waals surface area (Å²) >= 11 is 0. The van der Waals surface area contributed by atoms with Gasteiger partial charge in [0, 0.05) is 5.56 Å². The Balaban J connectivity index is 2.19. The number of carboxylic acid groups (broad SMARTS) is 1. The van der Waals surface area contributed by atoms with Gasteiger partial charge in [-0.3, -0.25) is 4.79 Å². The van der Waals surface area contributed by atoms with Crippen LogP contribution in [0.3, 0.4) is 0 Å². The first-order valence-electron chi connectivity index (χ1n) is 6.34. The lowest BCUT2D eigenvalue weighted by atomic mass is 10.1. The van der Waals surface area contributed by atoms with Crippen molar-refractivity contribution in [1.29, 1.82) is 0 Å². The van der Waals surface area contributed by atoms with Crippen molar-refractivity contribution < 1.29 is 19.4 Å². The number of aliphatic carboxylic acids is 1. The van der Waals surface area contributed by atoms with Gasteiger partial charge in [0.15, 0.2) is 6.04 Å². The molecule has 1 amide bonds. The molecule has 1 atom stereocenters. The van der Waals surface area contributed by atoms with E-state index in [4.69, 9.17) is 4.74 Å². The lowest BCUT2D eigenvalue weighted by Crippen LogP contribution is -2.33. The second kappa shape index (κ2) is 6.56. The van der Waals surface area contributed by atoms with Crippen LogP contribution < -0.4 is 10.1 Å². The van der Waals surface area contributed by atoms with Crippen molar-refractivity contribution in [2.75, 3.05) is 7.11 Å². The third-order valence-corrected chi connectivity index (χ3v) is 3.01. The maximum Gasteiger partial charge on any atom is 0.330 e. The highest BCUT2D eigenvalue weighted by atomic mass is 16.5. The van der Waals surface area contributed by atoms with Crippen molar-refractivity contribution in [1.82, 2.24) is 5.32 Å². The molecule has 2 aromatic rings. The van der Waals surface area contributed by atoms with E-state index in [0.29, 0.717) is 16.9 Å². The fourth-order valence-corrected chi connectivity index (χ4v) is 1.89. The first-order valence-corrected chi connectivity index (χ1v) is 6.34. The highest BCUT2D eigenvalue weighted by Crippen LogP contribution is 2.18. The second-order valence-corrected chi connectivity index (χ2v) is 4.38. The van der Waals surface area contributed by atoms with E-state index in [1.807, 2.05) is 0 Å². The van der Waals surface area contributed by atoms with Crippen LogP contribution in [0.5, 0.6) is 5.75 Å². The Morgan fingerprint density at radius 2 is 1.67 bits per heavy atom. The van der Waals surface area contributed by atoms with Gasteiger partial charge in [0.05, 0.1) is 7.11 Å². The topological polar surface area (TPSA) is 75.6 Å². The van der Waals surface area contributed by atoms with Gasteiger partial charge in [0.25, 0.3) is 5.91 Å². The number of nitrogens with one attached hydrogen (secondary N) is 1. The molecule has 0 spiro atoms. The molecule has 0 unspecified atom stereocenters. The van der Waals surface area contributed by atoms with Gasteiger partial charge < -0.3 is 15.2 Å².